The zero-order chi connectivity index (χ0) is 17.6. The van der Waals surface area contributed by atoms with Gasteiger partial charge in [0.25, 0.3) is 0 Å². The third-order valence-electron chi connectivity index (χ3n) is 3.35. The van der Waals surface area contributed by atoms with Gasteiger partial charge in [0.15, 0.2) is 11.6 Å². The fourth-order valence-electron chi connectivity index (χ4n) is 2.11. The highest BCUT2D eigenvalue weighted by molar-refractivity contribution is 6.30. The minimum atomic E-state index is -0.591. The number of rotatable bonds is 6. The van der Waals surface area contributed by atoms with Crippen molar-refractivity contribution in [1.82, 2.24) is 9.97 Å². The van der Waals surface area contributed by atoms with Crippen LogP contribution in [0.25, 0.3) is 0 Å². The van der Waals surface area contributed by atoms with Crippen molar-refractivity contribution in [2.75, 3.05) is 5.32 Å². The molecule has 7 heteroatoms. The summed E-state index contributed by atoms with van der Waals surface area (Å²) in [5.74, 6) is -0.919. The van der Waals surface area contributed by atoms with E-state index >= 15 is 0 Å². The van der Waals surface area contributed by atoms with Gasteiger partial charge in [-0.05, 0) is 35.4 Å². The van der Waals surface area contributed by atoms with Crippen molar-refractivity contribution in [2.45, 2.75) is 13.2 Å². The van der Waals surface area contributed by atoms with Crippen LogP contribution >= 0.6 is 11.6 Å². The number of nitrogens with zero attached hydrogens (tertiary/aromatic N) is 2. The Kier molecular flexibility index (Phi) is 5.40. The van der Waals surface area contributed by atoms with E-state index in [1.807, 2.05) is 12.1 Å². The van der Waals surface area contributed by atoms with Gasteiger partial charge in [-0.2, -0.15) is 4.98 Å². The van der Waals surface area contributed by atoms with Gasteiger partial charge in [0, 0.05) is 11.6 Å². The van der Waals surface area contributed by atoms with Gasteiger partial charge in [-0.15, -0.1) is 0 Å². The highest BCUT2D eigenvalue weighted by Crippen LogP contribution is 2.16. The van der Waals surface area contributed by atoms with Crippen LogP contribution in [0.15, 0.2) is 54.7 Å². The van der Waals surface area contributed by atoms with Crippen LogP contribution in [0.5, 0.6) is 6.01 Å². The maximum Gasteiger partial charge on any atom is 0.318 e. The lowest BCUT2D eigenvalue weighted by molar-refractivity contribution is 0.279. The fraction of sp³-hybridized carbons (Fsp3) is 0.111. The highest BCUT2D eigenvalue weighted by Gasteiger charge is 2.08. The molecule has 1 N–H and O–H groups in total. The molecule has 0 aliphatic heterocycles. The maximum atomic E-state index is 13.8. The number of halogens is 3. The standard InChI is InChI=1S/C18H14ClF2N3O/c19-14-6-4-12(5-7-14)9-22-17-16(21)10-23-18(24-17)25-11-13-2-1-3-15(20)8-13/h1-8,10H,9,11H2,(H,22,23,24). The van der Waals surface area contributed by atoms with E-state index in [-0.39, 0.29) is 24.3 Å². The average molecular weight is 362 g/mol. The third kappa shape index (κ3) is 4.87. The maximum absolute atomic E-state index is 13.8. The van der Waals surface area contributed by atoms with E-state index in [9.17, 15) is 8.78 Å². The lowest BCUT2D eigenvalue weighted by Gasteiger charge is -2.09. The smallest absolute Gasteiger partial charge is 0.318 e. The Labute approximate surface area is 148 Å². The summed E-state index contributed by atoms with van der Waals surface area (Å²) in [6.45, 7) is 0.453. The molecule has 0 saturated heterocycles. The highest BCUT2D eigenvalue weighted by atomic mass is 35.5. The second-order valence-electron chi connectivity index (χ2n) is 5.25. The number of ether oxygens (including phenoxy) is 1. The van der Waals surface area contributed by atoms with Crippen LogP contribution in [-0.2, 0) is 13.2 Å². The molecule has 128 valence electrons. The summed E-state index contributed by atoms with van der Waals surface area (Å²) in [5.41, 5.74) is 1.55. The van der Waals surface area contributed by atoms with Gasteiger partial charge >= 0.3 is 6.01 Å². The number of anilines is 1. The fourth-order valence-corrected chi connectivity index (χ4v) is 2.23. The van der Waals surface area contributed by atoms with E-state index < -0.39 is 5.82 Å². The van der Waals surface area contributed by atoms with Crippen LogP contribution in [0.2, 0.25) is 5.02 Å². The molecule has 0 aliphatic carbocycles. The number of hydrogen-bond acceptors (Lipinski definition) is 4. The van der Waals surface area contributed by atoms with Crippen LogP contribution in [0.4, 0.5) is 14.6 Å². The Morgan fingerprint density at radius 3 is 2.60 bits per heavy atom. The molecule has 4 nitrogen and oxygen atoms in total. The van der Waals surface area contributed by atoms with Gasteiger partial charge in [0.2, 0.25) is 0 Å². The molecule has 25 heavy (non-hydrogen) atoms. The normalized spacial score (nSPS) is 10.5. The van der Waals surface area contributed by atoms with Crippen molar-refractivity contribution in [3.63, 3.8) is 0 Å². The van der Waals surface area contributed by atoms with Gasteiger partial charge in [0.05, 0.1) is 6.20 Å². The molecule has 3 aromatic rings. The van der Waals surface area contributed by atoms with Gasteiger partial charge < -0.3 is 10.1 Å². The van der Waals surface area contributed by atoms with Crippen molar-refractivity contribution >= 4 is 17.4 Å². The van der Waals surface area contributed by atoms with Crippen LogP contribution in [0.1, 0.15) is 11.1 Å². The quantitative estimate of drug-likeness (QED) is 0.697. The van der Waals surface area contributed by atoms with Crippen molar-refractivity contribution < 1.29 is 13.5 Å². The molecule has 1 heterocycles. The Bertz CT molecular complexity index is 859. The SMILES string of the molecule is Fc1cccc(COc2ncc(F)c(NCc3ccc(Cl)cc3)n2)c1. The summed E-state index contributed by atoms with van der Waals surface area (Å²) in [7, 11) is 0. The molecule has 0 radical (unpaired) electrons. The Morgan fingerprint density at radius 1 is 1.04 bits per heavy atom. The zero-order valence-electron chi connectivity index (χ0n) is 13.0. The topological polar surface area (TPSA) is 47.0 Å². The predicted molar refractivity (Wildman–Crippen MR) is 91.5 cm³/mol. The van der Waals surface area contributed by atoms with Crippen LogP contribution in [-0.4, -0.2) is 9.97 Å². The number of hydrogen-bond donors (Lipinski definition) is 1. The second-order valence-corrected chi connectivity index (χ2v) is 5.68. The monoisotopic (exact) mass is 361 g/mol. The summed E-state index contributed by atoms with van der Waals surface area (Å²) < 4.78 is 32.4. The molecule has 0 aliphatic rings. The third-order valence-corrected chi connectivity index (χ3v) is 3.60. The summed E-state index contributed by atoms with van der Waals surface area (Å²) in [6.07, 6.45) is 1.03. The Hall–Kier alpha value is -2.73. The van der Waals surface area contributed by atoms with E-state index in [2.05, 4.69) is 15.3 Å². The van der Waals surface area contributed by atoms with Gasteiger partial charge in [-0.25, -0.2) is 13.8 Å². The number of nitrogens with one attached hydrogen (secondary N) is 1. The van der Waals surface area contributed by atoms with Crippen LogP contribution < -0.4 is 10.1 Å². The van der Waals surface area contributed by atoms with Crippen molar-refractivity contribution in [3.05, 3.63) is 82.5 Å². The lowest BCUT2D eigenvalue weighted by Crippen LogP contribution is -2.07. The largest absolute Gasteiger partial charge is 0.459 e. The summed E-state index contributed by atoms with van der Waals surface area (Å²) >= 11 is 5.83. The second kappa shape index (κ2) is 7.90. The van der Waals surface area contributed by atoms with Crippen molar-refractivity contribution in [1.29, 1.82) is 0 Å². The van der Waals surface area contributed by atoms with Gasteiger partial charge in [-0.3, -0.25) is 0 Å². The zero-order valence-corrected chi connectivity index (χ0v) is 13.8. The molecule has 2 aromatic carbocycles. The lowest BCUT2D eigenvalue weighted by atomic mass is 10.2. The first-order valence-corrected chi connectivity index (χ1v) is 7.86. The molecule has 0 atom stereocenters. The first kappa shape index (κ1) is 17.1. The molecular weight excluding hydrogens is 348 g/mol. The number of benzene rings is 2. The molecule has 0 fully saturated rings. The molecule has 0 bridgehead atoms. The van der Waals surface area contributed by atoms with E-state index in [0.717, 1.165) is 11.8 Å². The first-order valence-electron chi connectivity index (χ1n) is 7.48. The Balaban J connectivity index is 1.64. The molecule has 3 rings (SSSR count). The molecule has 0 amide bonds. The molecule has 0 saturated carbocycles. The van der Waals surface area contributed by atoms with Gasteiger partial charge in [-0.1, -0.05) is 35.9 Å². The minimum Gasteiger partial charge on any atom is -0.459 e. The summed E-state index contributed by atoms with van der Waals surface area (Å²) in [4.78, 5) is 7.79. The van der Waals surface area contributed by atoms with Crippen LogP contribution in [0, 0.1) is 11.6 Å². The molecule has 0 spiro atoms. The molecule has 0 unspecified atom stereocenters. The average Bonchev–Trinajstić information content (AvgIpc) is 2.61. The number of aromatic nitrogens is 2. The van der Waals surface area contributed by atoms with E-state index in [1.165, 1.54) is 12.1 Å². The predicted octanol–water partition coefficient (Wildman–Crippen LogP) is 4.60. The molecule has 1 aromatic heterocycles. The van der Waals surface area contributed by atoms with E-state index in [4.69, 9.17) is 16.3 Å². The van der Waals surface area contributed by atoms with E-state index in [1.54, 1.807) is 24.3 Å². The summed E-state index contributed by atoms with van der Waals surface area (Å²) in [6, 6.07) is 13.2. The minimum absolute atomic E-state index is 0.00395. The van der Waals surface area contributed by atoms with Crippen molar-refractivity contribution in [2.24, 2.45) is 0 Å². The summed E-state index contributed by atoms with van der Waals surface area (Å²) in [5, 5.41) is 3.52. The van der Waals surface area contributed by atoms with Crippen LogP contribution in [0.3, 0.4) is 0 Å². The van der Waals surface area contributed by atoms with Crippen molar-refractivity contribution in [3.8, 4) is 6.01 Å². The van der Waals surface area contributed by atoms with E-state index in [0.29, 0.717) is 17.1 Å². The Morgan fingerprint density at radius 2 is 1.84 bits per heavy atom. The molecular formula is C18H14ClF2N3O. The van der Waals surface area contributed by atoms with Gasteiger partial charge in [0.1, 0.15) is 12.4 Å². The first-order chi connectivity index (χ1) is 12.1.